The van der Waals surface area contributed by atoms with Crippen LogP contribution in [-0.2, 0) is 24.2 Å². The standard InChI is InChI=1S/C18H19N5O/c19-16-9-13-1-2-17-14(10-21-22-17)15(13)11-23(18(16)24)8-5-12-3-6-20-7-4-12/h1-4,6-7,10,16H,5,8-9,11,19H2,(H,21,22). The Bertz CT molecular complexity index is 874. The van der Waals surface area contributed by atoms with Gasteiger partial charge in [0.1, 0.15) is 0 Å². The number of amides is 1. The molecule has 0 saturated heterocycles. The van der Waals surface area contributed by atoms with Crippen molar-refractivity contribution < 1.29 is 4.79 Å². The molecule has 0 fully saturated rings. The lowest BCUT2D eigenvalue weighted by atomic mass is 9.99. The fraction of sp³-hybridized carbons (Fsp3) is 0.278. The molecule has 6 heteroatoms. The van der Waals surface area contributed by atoms with E-state index >= 15 is 0 Å². The summed E-state index contributed by atoms with van der Waals surface area (Å²) >= 11 is 0. The number of carbonyl (C=O) groups is 1. The Morgan fingerprint density at radius 3 is 2.92 bits per heavy atom. The highest BCUT2D eigenvalue weighted by Crippen LogP contribution is 2.26. The Balaban J connectivity index is 1.64. The zero-order valence-electron chi connectivity index (χ0n) is 13.3. The van der Waals surface area contributed by atoms with Crippen molar-refractivity contribution in [3.05, 3.63) is 59.5 Å². The van der Waals surface area contributed by atoms with E-state index in [4.69, 9.17) is 5.73 Å². The number of aromatic amines is 1. The third-order valence-corrected chi connectivity index (χ3v) is 4.67. The molecule has 6 nitrogen and oxygen atoms in total. The zero-order valence-corrected chi connectivity index (χ0v) is 13.3. The van der Waals surface area contributed by atoms with Crippen LogP contribution in [0.2, 0.25) is 0 Å². The van der Waals surface area contributed by atoms with Crippen molar-refractivity contribution in [2.45, 2.75) is 25.4 Å². The number of benzene rings is 1. The SMILES string of the molecule is NC1Cc2ccc3[nH]ncc3c2CN(CCc2ccncc2)C1=O. The first-order valence-electron chi connectivity index (χ1n) is 8.09. The number of carbonyl (C=O) groups excluding carboxylic acids is 1. The number of H-pyrrole nitrogens is 1. The number of rotatable bonds is 3. The zero-order chi connectivity index (χ0) is 16.5. The summed E-state index contributed by atoms with van der Waals surface area (Å²) in [5.74, 6) is 0.0110. The maximum absolute atomic E-state index is 12.7. The van der Waals surface area contributed by atoms with Crippen LogP contribution < -0.4 is 5.73 Å². The molecule has 0 aliphatic carbocycles. The number of fused-ring (bicyclic) bond motifs is 3. The summed E-state index contributed by atoms with van der Waals surface area (Å²) in [6, 6.07) is 7.52. The number of nitrogens with two attached hydrogens (primary N) is 1. The molecule has 1 aromatic carbocycles. The lowest BCUT2D eigenvalue weighted by Gasteiger charge is -2.23. The number of hydrogen-bond acceptors (Lipinski definition) is 4. The topological polar surface area (TPSA) is 87.9 Å². The van der Waals surface area contributed by atoms with E-state index in [9.17, 15) is 4.79 Å². The van der Waals surface area contributed by atoms with Crippen LogP contribution in [0.1, 0.15) is 16.7 Å². The highest BCUT2D eigenvalue weighted by Gasteiger charge is 2.28. The Hall–Kier alpha value is -2.73. The first-order chi connectivity index (χ1) is 11.7. The van der Waals surface area contributed by atoms with Crippen LogP contribution in [0.3, 0.4) is 0 Å². The van der Waals surface area contributed by atoms with E-state index in [0.29, 0.717) is 19.5 Å². The van der Waals surface area contributed by atoms with Gasteiger partial charge in [-0.25, -0.2) is 0 Å². The second kappa shape index (κ2) is 6.05. The monoisotopic (exact) mass is 321 g/mol. The summed E-state index contributed by atoms with van der Waals surface area (Å²) in [6.45, 7) is 1.22. The van der Waals surface area contributed by atoms with Crippen LogP contribution in [0.25, 0.3) is 10.9 Å². The van der Waals surface area contributed by atoms with Crippen LogP contribution in [0.5, 0.6) is 0 Å². The Labute approximate surface area is 139 Å². The van der Waals surface area contributed by atoms with Gasteiger partial charge in [0.15, 0.2) is 0 Å². The van der Waals surface area contributed by atoms with Gasteiger partial charge in [-0.05, 0) is 47.7 Å². The molecule has 24 heavy (non-hydrogen) atoms. The van der Waals surface area contributed by atoms with Crippen molar-refractivity contribution in [1.29, 1.82) is 0 Å². The summed E-state index contributed by atoms with van der Waals surface area (Å²) in [4.78, 5) is 18.6. The molecule has 2 aromatic heterocycles. The third kappa shape index (κ3) is 2.65. The fourth-order valence-electron chi connectivity index (χ4n) is 3.33. The third-order valence-electron chi connectivity index (χ3n) is 4.67. The number of nitrogens with one attached hydrogen (secondary N) is 1. The normalized spacial score (nSPS) is 17.8. The van der Waals surface area contributed by atoms with Gasteiger partial charge in [0, 0.05) is 30.9 Å². The molecule has 1 amide bonds. The lowest BCUT2D eigenvalue weighted by Crippen LogP contribution is -2.43. The molecule has 3 N–H and O–H groups in total. The average Bonchev–Trinajstić information content (AvgIpc) is 3.04. The summed E-state index contributed by atoms with van der Waals surface area (Å²) in [5, 5.41) is 8.20. The van der Waals surface area contributed by atoms with Crippen molar-refractivity contribution in [3.63, 3.8) is 0 Å². The Morgan fingerprint density at radius 2 is 2.08 bits per heavy atom. The molecular formula is C18H19N5O. The molecule has 1 aliphatic rings. The molecule has 3 heterocycles. The molecule has 0 saturated carbocycles. The smallest absolute Gasteiger partial charge is 0.240 e. The summed E-state index contributed by atoms with van der Waals surface area (Å²) < 4.78 is 0. The quantitative estimate of drug-likeness (QED) is 0.763. The summed E-state index contributed by atoms with van der Waals surface area (Å²) in [6.07, 6.45) is 6.74. The van der Waals surface area contributed by atoms with Crippen LogP contribution in [0.15, 0.2) is 42.9 Å². The van der Waals surface area contributed by atoms with Crippen LogP contribution >= 0.6 is 0 Å². The van der Waals surface area contributed by atoms with Crippen LogP contribution in [0.4, 0.5) is 0 Å². The largest absolute Gasteiger partial charge is 0.337 e. The predicted molar refractivity (Wildman–Crippen MR) is 91.1 cm³/mol. The molecule has 122 valence electrons. The molecule has 1 aliphatic heterocycles. The molecule has 3 aromatic rings. The number of aromatic nitrogens is 3. The average molecular weight is 321 g/mol. The molecule has 0 radical (unpaired) electrons. The van der Waals surface area contributed by atoms with Gasteiger partial charge < -0.3 is 10.6 Å². The minimum atomic E-state index is -0.493. The molecule has 1 atom stereocenters. The predicted octanol–water partition coefficient (Wildman–Crippen LogP) is 1.41. The molecule has 4 rings (SSSR count). The molecular weight excluding hydrogens is 302 g/mol. The summed E-state index contributed by atoms with van der Waals surface area (Å²) in [7, 11) is 0. The van der Waals surface area contributed by atoms with E-state index in [2.05, 4.69) is 21.2 Å². The van der Waals surface area contributed by atoms with Gasteiger partial charge in [-0.15, -0.1) is 0 Å². The fourth-order valence-corrected chi connectivity index (χ4v) is 3.33. The maximum atomic E-state index is 12.7. The molecule has 0 bridgehead atoms. The van der Waals surface area contributed by atoms with Crippen molar-refractivity contribution in [3.8, 4) is 0 Å². The summed E-state index contributed by atoms with van der Waals surface area (Å²) in [5.41, 5.74) is 10.6. The first-order valence-corrected chi connectivity index (χ1v) is 8.09. The van der Waals surface area contributed by atoms with Crippen molar-refractivity contribution in [1.82, 2.24) is 20.1 Å². The van der Waals surface area contributed by atoms with E-state index in [1.54, 1.807) is 12.4 Å². The van der Waals surface area contributed by atoms with E-state index in [1.807, 2.05) is 29.3 Å². The van der Waals surface area contributed by atoms with E-state index in [-0.39, 0.29) is 5.91 Å². The van der Waals surface area contributed by atoms with Crippen molar-refractivity contribution in [2.24, 2.45) is 5.73 Å². The number of pyridine rings is 1. The van der Waals surface area contributed by atoms with E-state index in [1.165, 1.54) is 0 Å². The van der Waals surface area contributed by atoms with Gasteiger partial charge in [-0.3, -0.25) is 14.9 Å². The number of hydrogen-bond donors (Lipinski definition) is 2. The van der Waals surface area contributed by atoms with Gasteiger partial charge in [0.2, 0.25) is 5.91 Å². The van der Waals surface area contributed by atoms with Crippen molar-refractivity contribution >= 4 is 16.8 Å². The highest BCUT2D eigenvalue weighted by atomic mass is 16.2. The van der Waals surface area contributed by atoms with Gasteiger partial charge >= 0.3 is 0 Å². The molecule has 0 spiro atoms. The Morgan fingerprint density at radius 1 is 1.25 bits per heavy atom. The molecule has 1 unspecified atom stereocenters. The minimum Gasteiger partial charge on any atom is -0.337 e. The Kier molecular flexibility index (Phi) is 3.74. The lowest BCUT2D eigenvalue weighted by molar-refractivity contribution is -0.132. The van der Waals surface area contributed by atoms with Gasteiger partial charge in [0.05, 0.1) is 17.8 Å². The second-order valence-corrected chi connectivity index (χ2v) is 6.21. The van der Waals surface area contributed by atoms with Crippen LogP contribution in [-0.4, -0.2) is 38.6 Å². The minimum absolute atomic E-state index is 0.0110. The number of nitrogens with zero attached hydrogens (tertiary/aromatic N) is 3. The van der Waals surface area contributed by atoms with E-state index in [0.717, 1.165) is 34.0 Å². The second-order valence-electron chi connectivity index (χ2n) is 6.21. The van der Waals surface area contributed by atoms with Crippen LogP contribution in [0, 0.1) is 0 Å². The van der Waals surface area contributed by atoms with Gasteiger partial charge in [-0.2, -0.15) is 5.10 Å². The van der Waals surface area contributed by atoms with Gasteiger partial charge in [-0.1, -0.05) is 6.07 Å². The van der Waals surface area contributed by atoms with Gasteiger partial charge in [0.25, 0.3) is 0 Å². The van der Waals surface area contributed by atoms with Crippen molar-refractivity contribution in [2.75, 3.05) is 6.54 Å². The first kappa shape index (κ1) is 14.8. The maximum Gasteiger partial charge on any atom is 0.240 e. The highest BCUT2D eigenvalue weighted by molar-refractivity contribution is 5.87. The van der Waals surface area contributed by atoms with E-state index < -0.39 is 6.04 Å².